The third-order valence-corrected chi connectivity index (χ3v) is 4.21. The zero-order valence-corrected chi connectivity index (χ0v) is 12.7. The number of hydrogen-bond donors (Lipinski definition) is 1. The lowest BCUT2D eigenvalue weighted by molar-refractivity contribution is -0.167. The molecule has 3 rings (SSSR count). The maximum atomic E-state index is 5.91. The standard InChI is InChI=1S/C17H26N2O2/c1-2-6-15(7-3-1)12-19-10-9-18-16(13-19)14-21-17-8-4-5-11-20-17/h1-3,6-7,16-18H,4-5,8-14H2/t16?,17-/m0/s1. The van der Waals surface area contributed by atoms with E-state index in [0.29, 0.717) is 6.04 Å². The van der Waals surface area contributed by atoms with E-state index in [1.807, 2.05) is 0 Å². The number of piperazine rings is 1. The molecule has 2 saturated heterocycles. The molecule has 0 radical (unpaired) electrons. The highest BCUT2D eigenvalue weighted by molar-refractivity contribution is 5.14. The minimum atomic E-state index is 0.0186. The molecule has 0 aliphatic carbocycles. The number of rotatable bonds is 5. The van der Waals surface area contributed by atoms with E-state index in [2.05, 4.69) is 40.5 Å². The van der Waals surface area contributed by atoms with Crippen molar-refractivity contribution in [1.29, 1.82) is 0 Å². The maximum Gasteiger partial charge on any atom is 0.157 e. The molecule has 4 heteroatoms. The molecule has 2 heterocycles. The average molecular weight is 290 g/mol. The van der Waals surface area contributed by atoms with Gasteiger partial charge in [0.05, 0.1) is 6.61 Å². The van der Waals surface area contributed by atoms with Crippen molar-refractivity contribution < 1.29 is 9.47 Å². The molecule has 2 aliphatic heterocycles. The van der Waals surface area contributed by atoms with Crippen LogP contribution in [-0.4, -0.2) is 50.1 Å². The minimum Gasteiger partial charge on any atom is -0.353 e. The molecule has 21 heavy (non-hydrogen) atoms. The van der Waals surface area contributed by atoms with Crippen molar-refractivity contribution >= 4 is 0 Å². The molecule has 1 aromatic rings. The van der Waals surface area contributed by atoms with Gasteiger partial charge in [0, 0.05) is 38.8 Å². The summed E-state index contributed by atoms with van der Waals surface area (Å²) in [5.41, 5.74) is 1.38. The lowest BCUT2D eigenvalue weighted by Gasteiger charge is -2.34. The molecule has 2 aliphatic rings. The van der Waals surface area contributed by atoms with Crippen molar-refractivity contribution in [2.75, 3.05) is 32.8 Å². The Balaban J connectivity index is 1.42. The predicted octanol–water partition coefficient (Wildman–Crippen LogP) is 2.00. The number of benzene rings is 1. The Kier molecular flexibility index (Phi) is 5.63. The molecular weight excluding hydrogens is 264 g/mol. The van der Waals surface area contributed by atoms with E-state index in [9.17, 15) is 0 Å². The number of nitrogens with one attached hydrogen (secondary N) is 1. The summed E-state index contributed by atoms with van der Waals surface area (Å²) in [7, 11) is 0. The van der Waals surface area contributed by atoms with Gasteiger partial charge in [0.2, 0.25) is 0 Å². The van der Waals surface area contributed by atoms with Gasteiger partial charge in [0.15, 0.2) is 6.29 Å². The first-order valence-corrected chi connectivity index (χ1v) is 8.13. The summed E-state index contributed by atoms with van der Waals surface area (Å²) in [6.07, 6.45) is 3.46. The third-order valence-electron chi connectivity index (χ3n) is 4.21. The smallest absolute Gasteiger partial charge is 0.157 e. The van der Waals surface area contributed by atoms with Crippen LogP contribution >= 0.6 is 0 Å². The molecule has 116 valence electrons. The summed E-state index contributed by atoms with van der Waals surface area (Å²) >= 11 is 0. The first-order valence-electron chi connectivity index (χ1n) is 8.13. The van der Waals surface area contributed by atoms with Crippen molar-refractivity contribution in [3.8, 4) is 0 Å². The molecule has 0 spiro atoms. The van der Waals surface area contributed by atoms with Crippen LogP contribution in [0.5, 0.6) is 0 Å². The summed E-state index contributed by atoms with van der Waals surface area (Å²) < 4.78 is 11.5. The van der Waals surface area contributed by atoms with Crippen molar-refractivity contribution in [2.45, 2.75) is 38.1 Å². The largest absolute Gasteiger partial charge is 0.353 e. The van der Waals surface area contributed by atoms with Gasteiger partial charge in [-0.25, -0.2) is 0 Å². The van der Waals surface area contributed by atoms with E-state index in [-0.39, 0.29) is 6.29 Å². The first-order chi connectivity index (χ1) is 10.4. The van der Waals surface area contributed by atoms with Gasteiger partial charge in [-0.2, -0.15) is 0 Å². The van der Waals surface area contributed by atoms with E-state index >= 15 is 0 Å². The van der Waals surface area contributed by atoms with E-state index < -0.39 is 0 Å². The molecule has 0 bridgehead atoms. The van der Waals surface area contributed by atoms with Gasteiger partial charge in [0.1, 0.15) is 0 Å². The zero-order valence-electron chi connectivity index (χ0n) is 12.7. The second-order valence-corrected chi connectivity index (χ2v) is 6.00. The van der Waals surface area contributed by atoms with Crippen LogP contribution in [0.15, 0.2) is 30.3 Å². The Labute approximate surface area is 127 Å². The Morgan fingerprint density at radius 2 is 2.14 bits per heavy atom. The second-order valence-electron chi connectivity index (χ2n) is 6.00. The van der Waals surface area contributed by atoms with Crippen LogP contribution in [0, 0.1) is 0 Å². The fourth-order valence-electron chi connectivity index (χ4n) is 3.06. The fraction of sp³-hybridized carbons (Fsp3) is 0.647. The normalized spacial score (nSPS) is 27.6. The summed E-state index contributed by atoms with van der Waals surface area (Å²) in [5, 5.41) is 3.55. The molecular formula is C17H26N2O2. The van der Waals surface area contributed by atoms with Gasteiger partial charge in [-0.05, 0) is 24.8 Å². The Morgan fingerprint density at radius 3 is 2.95 bits per heavy atom. The van der Waals surface area contributed by atoms with Gasteiger partial charge < -0.3 is 14.8 Å². The Morgan fingerprint density at radius 1 is 1.24 bits per heavy atom. The van der Waals surface area contributed by atoms with Crippen LogP contribution in [0.1, 0.15) is 24.8 Å². The average Bonchev–Trinajstić information content (AvgIpc) is 2.55. The number of hydrogen-bond acceptors (Lipinski definition) is 4. The maximum absolute atomic E-state index is 5.91. The highest BCUT2D eigenvalue weighted by atomic mass is 16.7. The molecule has 1 N–H and O–H groups in total. The van der Waals surface area contributed by atoms with Crippen molar-refractivity contribution in [3.05, 3.63) is 35.9 Å². The number of ether oxygens (including phenoxy) is 2. The molecule has 4 nitrogen and oxygen atoms in total. The summed E-state index contributed by atoms with van der Waals surface area (Å²) in [6.45, 7) is 5.80. The predicted molar refractivity (Wildman–Crippen MR) is 83.1 cm³/mol. The van der Waals surface area contributed by atoms with E-state index in [1.54, 1.807) is 0 Å². The van der Waals surface area contributed by atoms with Crippen LogP contribution < -0.4 is 5.32 Å². The SMILES string of the molecule is c1ccc(CN2CCNC(CO[C@H]3CCCCO3)C2)cc1. The van der Waals surface area contributed by atoms with Gasteiger partial charge >= 0.3 is 0 Å². The monoisotopic (exact) mass is 290 g/mol. The van der Waals surface area contributed by atoms with Gasteiger partial charge in [-0.15, -0.1) is 0 Å². The molecule has 0 saturated carbocycles. The molecule has 1 aromatic carbocycles. The summed E-state index contributed by atoms with van der Waals surface area (Å²) in [5.74, 6) is 0. The zero-order chi connectivity index (χ0) is 14.3. The molecule has 0 aromatic heterocycles. The molecule has 2 fully saturated rings. The minimum absolute atomic E-state index is 0.0186. The van der Waals surface area contributed by atoms with Crippen LogP contribution in [-0.2, 0) is 16.0 Å². The fourth-order valence-corrected chi connectivity index (χ4v) is 3.06. The van der Waals surface area contributed by atoms with E-state index in [1.165, 1.54) is 18.4 Å². The topological polar surface area (TPSA) is 33.7 Å². The third kappa shape index (κ3) is 4.78. The second kappa shape index (κ2) is 7.90. The number of nitrogens with zero attached hydrogens (tertiary/aromatic N) is 1. The molecule has 1 unspecified atom stereocenters. The summed E-state index contributed by atoms with van der Waals surface area (Å²) in [6, 6.07) is 11.1. The van der Waals surface area contributed by atoms with Crippen molar-refractivity contribution in [2.24, 2.45) is 0 Å². The first kappa shape index (κ1) is 15.0. The van der Waals surface area contributed by atoms with Gasteiger partial charge in [-0.3, -0.25) is 4.90 Å². The van der Waals surface area contributed by atoms with Crippen LogP contribution in [0.3, 0.4) is 0 Å². The Hall–Kier alpha value is -0.940. The van der Waals surface area contributed by atoms with Crippen molar-refractivity contribution in [1.82, 2.24) is 10.2 Å². The highest BCUT2D eigenvalue weighted by Crippen LogP contribution is 2.14. The lowest BCUT2D eigenvalue weighted by Crippen LogP contribution is -2.52. The van der Waals surface area contributed by atoms with Crippen LogP contribution in [0.25, 0.3) is 0 Å². The van der Waals surface area contributed by atoms with E-state index in [4.69, 9.17) is 9.47 Å². The lowest BCUT2D eigenvalue weighted by atomic mass is 10.1. The molecule has 2 atom stereocenters. The van der Waals surface area contributed by atoms with Crippen molar-refractivity contribution in [3.63, 3.8) is 0 Å². The van der Waals surface area contributed by atoms with Crippen LogP contribution in [0.4, 0.5) is 0 Å². The van der Waals surface area contributed by atoms with E-state index in [0.717, 1.165) is 45.8 Å². The summed E-state index contributed by atoms with van der Waals surface area (Å²) in [4.78, 5) is 2.50. The molecule has 0 amide bonds. The van der Waals surface area contributed by atoms with Gasteiger partial charge in [-0.1, -0.05) is 30.3 Å². The van der Waals surface area contributed by atoms with Gasteiger partial charge in [0.25, 0.3) is 0 Å². The Bertz CT molecular complexity index is 407. The quantitative estimate of drug-likeness (QED) is 0.899. The highest BCUT2D eigenvalue weighted by Gasteiger charge is 2.22. The van der Waals surface area contributed by atoms with Crippen LogP contribution in [0.2, 0.25) is 0 Å².